The molecular weight excluding hydrogens is 423 g/mol. The average molecular weight is 445 g/mol. The topological polar surface area (TPSA) is 82.8 Å². The smallest absolute Gasteiger partial charge is 0.404 e. The van der Waals surface area contributed by atoms with Gasteiger partial charge < -0.3 is 10.4 Å². The zero-order valence-corrected chi connectivity index (χ0v) is 17.4. The number of fused-ring (bicyclic) bond motifs is 3. The van der Waals surface area contributed by atoms with Gasteiger partial charge in [0, 0.05) is 55.0 Å². The Morgan fingerprint density at radius 2 is 1.91 bits per heavy atom. The molecular formula is C22H22F3N5O2. The summed E-state index contributed by atoms with van der Waals surface area (Å²) < 4.78 is 43.5. The summed E-state index contributed by atoms with van der Waals surface area (Å²) in [5.41, 5.74) is 3.79. The standard InChI is InChI=1S/C22H22F3N5O2/c1-11-4-21-26-8-12-9-29(10-20(12)30(21)28-11)13-2-3-14(19(5-13)27-22(31)32)15-6-17(24)18(25)7-16(15)23/h4,6-8,13-14,19,27H,2-3,5,9-10H2,1H3,(H,31,32)/t13-,14-,19+/m1/s1. The largest absolute Gasteiger partial charge is 0.465 e. The van der Waals surface area contributed by atoms with Crippen molar-refractivity contribution < 1.29 is 23.1 Å². The summed E-state index contributed by atoms with van der Waals surface area (Å²) in [6, 6.07) is 2.70. The van der Waals surface area contributed by atoms with Crippen molar-refractivity contribution >= 4 is 11.7 Å². The molecule has 7 nitrogen and oxygen atoms in total. The Labute approximate surface area is 181 Å². The van der Waals surface area contributed by atoms with Crippen molar-refractivity contribution in [2.24, 2.45) is 0 Å². The van der Waals surface area contributed by atoms with E-state index in [1.165, 1.54) is 0 Å². The fraction of sp³-hybridized carbons (Fsp3) is 0.409. The molecule has 0 unspecified atom stereocenters. The summed E-state index contributed by atoms with van der Waals surface area (Å²) in [5.74, 6) is -3.84. The van der Waals surface area contributed by atoms with Crippen LogP contribution < -0.4 is 5.32 Å². The van der Waals surface area contributed by atoms with Crippen LogP contribution >= 0.6 is 0 Å². The van der Waals surface area contributed by atoms with Gasteiger partial charge in [0.05, 0.1) is 11.4 Å². The van der Waals surface area contributed by atoms with Gasteiger partial charge in [-0.15, -0.1) is 0 Å². The van der Waals surface area contributed by atoms with Crippen molar-refractivity contribution in [3.8, 4) is 0 Å². The first-order valence-electron chi connectivity index (χ1n) is 10.5. The third-order valence-electron chi connectivity index (χ3n) is 6.60. The molecule has 3 aromatic rings. The number of benzene rings is 1. The van der Waals surface area contributed by atoms with Gasteiger partial charge in [0.1, 0.15) is 5.82 Å². The van der Waals surface area contributed by atoms with E-state index in [0.717, 1.165) is 28.7 Å². The molecule has 1 aromatic carbocycles. The highest BCUT2D eigenvalue weighted by Crippen LogP contribution is 2.39. The molecule has 5 rings (SSSR count). The molecule has 2 aromatic heterocycles. The Balaban J connectivity index is 1.39. The SMILES string of the molecule is Cc1cc2ncc3c(n2n1)CN([C@@H]1CC[C@H](c2cc(F)c(F)cc2F)[C@@H](NC(=O)O)C1)C3. The van der Waals surface area contributed by atoms with Crippen molar-refractivity contribution in [1.82, 2.24) is 24.8 Å². The van der Waals surface area contributed by atoms with Gasteiger partial charge in [-0.3, -0.25) is 4.90 Å². The minimum Gasteiger partial charge on any atom is -0.465 e. The zero-order chi connectivity index (χ0) is 22.6. The third kappa shape index (κ3) is 3.58. The number of amides is 1. The molecule has 1 amide bonds. The van der Waals surface area contributed by atoms with E-state index in [4.69, 9.17) is 0 Å². The summed E-state index contributed by atoms with van der Waals surface area (Å²) in [4.78, 5) is 18.1. The number of aromatic nitrogens is 3. The summed E-state index contributed by atoms with van der Waals surface area (Å²) in [7, 11) is 0. The highest BCUT2D eigenvalue weighted by molar-refractivity contribution is 5.65. The lowest BCUT2D eigenvalue weighted by Crippen LogP contribution is -2.48. The quantitative estimate of drug-likeness (QED) is 0.600. The Hall–Kier alpha value is -3.14. The average Bonchev–Trinajstić information content (AvgIpc) is 3.33. The van der Waals surface area contributed by atoms with Crippen LogP contribution in [0.15, 0.2) is 24.4 Å². The summed E-state index contributed by atoms with van der Waals surface area (Å²) in [6.45, 7) is 3.21. The number of nitrogens with zero attached hydrogens (tertiary/aromatic N) is 4. The second kappa shape index (κ2) is 7.77. The normalized spacial score (nSPS) is 23.4. The van der Waals surface area contributed by atoms with E-state index in [0.29, 0.717) is 38.4 Å². The Kier molecular flexibility index (Phi) is 5.04. The molecule has 0 bridgehead atoms. The molecule has 32 heavy (non-hydrogen) atoms. The van der Waals surface area contributed by atoms with Crippen molar-refractivity contribution in [2.75, 3.05) is 0 Å². The predicted octanol–water partition coefficient (Wildman–Crippen LogP) is 3.74. The van der Waals surface area contributed by atoms with E-state index in [1.54, 1.807) is 0 Å². The van der Waals surface area contributed by atoms with Crippen LogP contribution in [0, 0.1) is 24.4 Å². The highest BCUT2D eigenvalue weighted by atomic mass is 19.2. The Morgan fingerprint density at radius 3 is 2.69 bits per heavy atom. The maximum absolute atomic E-state index is 14.4. The highest BCUT2D eigenvalue weighted by Gasteiger charge is 2.38. The Bertz CT molecular complexity index is 1210. The van der Waals surface area contributed by atoms with Gasteiger partial charge in [0.25, 0.3) is 0 Å². The zero-order valence-electron chi connectivity index (χ0n) is 17.4. The number of aryl methyl sites for hydroxylation is 1. The summed E-state index contributed by atoms with van der Waals surface area (Å²) in [5, 5.41) is 16.3. The molecule has 168 valence electrons. The lowest BCUT2D eigenvalue weighted by Gasteiger charge is -2.40. The van der Waals surface area contributed by atoms with E-state index in [1.807, 2.05) is 23.7 Å². The number of hydrogen-bond donors (Lipinski definition) is 2. The lowest BCUT2D eigenvalue weighted by atomic mass is 9.77. The first-order valence-corrected chi connectivity index (χ1v) is 10.5. The van der Waals surface area contributed by atoms with Crippen LogP contribution in [-0.4, -0.2) is 42.8 Å². The van der Waals surface area contributed by atoms with E-state index in [9.17, 15) is 23.1 Å². The van der Waals surface area contributed by atoms with E-state index in [-0.39, 0.29) is 11.6 Å². The van der Waals surface area contributed by atoms with Crippen LogP contribution in [0.1, 0.15) is 47.7 Å². The summed E-state index contributed by atoms with van der Waals surface area (Å²) >= 11 is 0. The minimum absolute atomic E-state index is 0.00346. The molecule has 2 aliphatic rings. The molecule has 1 aliphatic heterocycles. The van der Waals surface area contributed by atoms with Crippen molar-refractivity contribution in [1.29, 1.82) is 0 Å². The number of carbonyl (C=O) groups is 1. The first-order chi connectivity index (χ1) is 15.3. The van der Waals surface area contributed by atoms with Crippen molar-refractivity contribution in [2.45, 2.75) is 57.3 Å². The van der Waals surface area contributed by atoms with E-state index in [2.05, 4.69) is 20.3 Å². The van der Waals surface area contributed by atoms with Crippen LogP contribution in [0.2, 0.25) is 0 Å². The van der Waals surface area contributed by atoms with Crippen LogP contribution in [0.3, 0.4) is 0 Å². The molecule has 10 heteroatoms. The number of halogens is 3. The second-order valence-corrected chi connectivity index (χ2v) is 8.61. The van der Waals surface area contributed by atoms with Gasteiger partial charge in [-0.25, -0.2) is 27.5 Å². The molecule has 3 heterocycles. The minimum atomic E-state index is -1.26. The van der Waals surface area contributed by atoms with Gasteiger partial charge in [-0.2, -0.15) is 5.10 Å². The fourth-order valence-corrected chi connectivity index (χ4v) is 5.15. The molecule has 0 spiro atoms. The Morgan fingerprint density at radius 1 is 1.12 bits per heavy atom. The van der Waals surface area contributed by atoms with Gasteiger partial charge in [0.2, 0.25) is 0 Å². The van der Waals surface area contributed by atoms with E-state index < -0.39 is 35.5 Å². The van der Waals surface area contributed by atoms with Crippen LogP contribution in [0.4, 0.5) is 18.0 Å². The molecule has 3 atom stereocenters. The first kappa shape index (κ1) is 20.7. The van der Waals surface area contributed by atoms with Crippen molar-refractivity contribution in [3.63, 3.8) is 0 Å². The third-order valence-corrected chi connectivity index (χ3v) is 6.60. The number of nitrogens with one attached hydrogen (secondary N) is 1. The number of rotatable bonds is 3. The van der Waals surface area contributed by atoms with Crippen LogP contribution in [-0.2, 0) is 13.1 Å². The monoisotopic (exact) mass is 445 g/mol. The number of hydrogen-bond acceptors (Lipinski definition) is 4. The van der Waals surface area contributed by atoms with Gasteiger partial charge >= 0.3 is 6.09 Å². The predicted molar refractivity (Wildman–Crippen MR) is 109 cm³/mol. The summed E-state index contributed by atoms with van der Waals surface area (Å²) in [6.07, 6.45) is 2.16. The molecule has 1 aliphatic carbocycles. The molecule has 0 saturated heterocycles. The molecule has 0 radical (unpaired) electrons. The van der Waals surface area contributed by atoms with E-state index >= 15 is 0 Å². The van der Waals surface area contributed by atoms with Crippen LogP contribution in [0.5, 0.6) is 0 Å². The maximum atomic E-state index is 14.4. The lowest BCUT2D eigenvalue weighted by molar-refractivity contribution is 0.122. The van der Waals surface area contributed by atoms with Gasteiger partial charge in [0.15, 0.2) is 17.3 Å². The maximum Gasteiger partial charge on any atom is 0.404 e. The van der Waals surface area contributed by atoms with Gasteiger partial charge in [-0.05, 0) is 37.8 Å². The molecule has 1 fully saturated rings. The van der Waals surface area contributed by atoms with Gasteiger partial charge in [-0.1, -0.05) is 0 Å². The second-order valence-electron chi connectivity index (χ2n) is 8.61. The fourth-order valence-electron chi connectivity index (χ4n) is 5.15. The van der Waals surface area contributed by atoms with Crippen molar-refractivity contribution in [3.05, 3.63) is 64.4 Å². The molecule has 1 saturated carbocycles. The number of carboxylic acid groups (broad SMARTS) is 1. The van der Waals surface area contributed by atoms with Crippen LogP contribution in [0.25, 0.3) is 5.65 Å². The molecule has 2 N–H and O–H groups in total.